The molecular weight excluding hydrogens is 318 g/mol. The van der Waals surface area contributed by atoms with Gasteiger partial charge < -0.3 is 5.32 Å². The van der Waals surface area contributed by atoms with Gasteiger partial charge in [-0.2, -0.15) is 5.26 Å². The molecule has 6 heteroatoms. The Morgan fingerprint density at radius 3 is 2.92 bits per heavy atom. The zero-order valence-electron chi connectivity index (χ0n) is 13.2. The number of nitrogens with zero attached hydrogens (tertiary/aromatic N) is 4. The van der Waals surface area contributed by atoms with Crippen molar-refractivity contribution in [1.82, 2.24) is 14.9 Å². The third-order valence-electron chi connectivity index (χ3n) is 4.18. The van der Waals surface area contributed by atoms with Crippen LogP contribution in [-0.4, -0.2) is 28.0 Å². The minimum absolute atomic E-state index is 0.656. The second kappa shape index (κ2) is 6.56. The maximum atomic E-state index is 8.99. The Balaban J connectivity index is 1.53. The van der Waals surface area contributed by atoms with Gasteiger partial charge in [0.05, 0.1) is 21.8 Å². The number of thiazole rings is 1. The van der Waals surface area contributed by atoms with Gasteiger partial charge in [-0.1, -0.05) is 11.3 Å². The van der Waals surface area contributed by atoms with Crippen molar-refractivity contribution in [2.45, 2.75) is 19.4 Å². The summed E-state index contributed by atoms with van der Waals surface area (Å²) in [4.78, 5) is 11.4. The van der Waals surface area contributed by atoms with Gasteiger partial charge in [0.15, 0.2) is 5.13 Å². The van der Waals surface area contributed by atoms with Crippen LogP contribution in [0.2, 0.25) is 0 Å². The predicted octanol–water partition coefficient (Wildman–Crippen LogP) is 3.90. The topological polar surface area (TPSA) is 64.8 Å². The minimum Gasteiger partial charge on any atom is -0.316 e. The van der Waals surface area contributed by atoms with Crippen molar-refractivity contribution in [2.75, 3.05) is 18.4 Å². The lowest BCUT2D eigenvalue weighted by Gasteiger charge is -2.14. The Labute approximate surface area is 144 Å². The number of likely N-dealkylation sites (tertiary alicyclic amines) is 1. The maximum Gasteiger partial charge on any atom is 0.189 e. The molecular formula is C18H17N5S. The first-order chi connectivity index (χ1) is 11.8. The van der Waals surface area contributed by atoms with Crippen LogP contribution in [0.5, 0.6) is 0 Å². The van der Waals surface area contributed by atoms with Crippen molar-refractivity contribution in [3.63, 3.8) is 0 Å². The monoisotopic (exact) mass is 335 g/mol. The second-order valence-corrected chi connectivity index (χ2v) is 7.00. The number of nitrogens with one attached hydrogen (secondary N) is 1. The molecule has 1 aliphatic heterocycles. The van der Waals surface area contributed by atoms with E-state index in [0.717, 1.165) is 27.7 Å². The van der Waals surface area contributed by atoms with Crippen LogP contribution < -0.4 is 5.32 Å². The molecule has 0 bridgehead atoms. The van der Waals surface area contributed by atoms with Gasteiger partial charge in [0.2, 0.25) is 0 Å². The third-order valence-corrected chi connectivity index (χ3v) is 5.12. The molecule has 0 amide bonds. The highest BCUT2D eigenvalue weighted by Gasteiger charge is 2.12. The van der Waals surface area contributed by atoms with E-state index in [1.165, 1.54) is 42.8 Å². The van der Waals surface area contributed by atoms with E-state index >= 15 is 0 Å². The fourth-order valence-electron chi connectivity index (χ4n) is 3.00. The van der Waals surface area contributed by atoms with Gasteiger partial charge in [-0.3, -0.25) is 4.90 Å². The lowest BCUT2D eigenvalue weighted by Crippen LogP contribution is -2.18. The molecule has 3 aromatic rings. The summed E-state index contributed by atoms with van der Waals surface area (Å²) < 4.78 is 1.00. The minimum atomic E-state index is 0.656. The van der Waals surface area contributed by atoms with Crippen LogP contribution in [0, 0.1) is 11.3 Å². The van der Waals surface area contributed by atoms with Crippen LogP contribution in [-0.2, 0) is 6.54 Å². The molecule has 0 unspecified atom stereocenters. The van der Waals surface area contributed by atoms with Crippen LogP contribution in [0.3, 0.4) is 0 Å². The summed E-state index contributed by atoms with van der Waals surface area (Å²) in [5.41, 5.74) is 2.82. The molecule has 3 heterocycles. The molecule has 0 saturated carbocycles. The smallest absolute Gasteiger partial charge is 0.189 e. The molecule has 1 saturated heterocycles. The molecule has 24 heavy (non-hydrogen) atoms. The zero-order valence-corrected chi connectivity index (χ0v) is 14.0. The van der Waals surface area contributed by atoms with Gasteiger partial charge in [-0.25, -0.2) is 9.97 Å². The highest BCUT2D eigenvalue weighted by Crippen LogP contribution is 2.28. The number of aromatic nitrogens is 2. The first-order valence-corrected chi connectivity index (χ1v) is 8.87. The number of benzene rings is 1. The SMILES string of the molecule is N#Cc1ccc2nc(Nc3cc(CN4CCCC4)ccn3)sc2c1. The molecule has 1 aromatic carbocycles. The average Bonchev–Trinajstić information content (AvgIpc) is 3.23. The van der Waals surface area contributed by atoms with Crippen molar-refractivity contribution < 1.29 is 0 Å². The quantitative estimate of drug-likeness (QED) is 0.783. The van der Waals surface area contributed by atoms with E-state index < -0.39 is 0 Å². The molecule has 0 aliphatic carbocycles. The fourth-order valence-corrected chi connectivity index (χ4v) is 3.91. The number of pyridine rings is 1. The Bertz CT molecular complexity index is 905. The molecule has 0 spiro atoms. The first kappa shape index (κ1) is 15.1. The van der Waals surface area contributed by atoms with E-state index in [2.05, 4.69) is 38.4 Å². The number of hydrogen-bond donors (Lipinski definition) is 1. The number of anilines is 2. The van der Waals surface area contributed by atoms with Crippen molar-refractivity contribution >= 4 is 32.5 Å². The molecule has 4 rings (SSSR count). The number of fused-ring (bicyclic) bond motifs is 1. The van der Waals surface area contributed by atoms with Crippen molar-refractivity contribution in [3.05, 3.63) is 47.7 Å². The summed E-state index contributed by atoms with van der Waals surface area (Å²) in [6.07, 6.45) is 4.44. The zero-order chi connectivity index (χ0) is 16.4. The second-order valence-electron chi connectivity index (χ2n) is 5.97. The normalized spacial score (nSPS) is 14.8. The van der Waals surface area contributed by atoms with Gasteiger partial charge in [0, 0.05) is 12.7 Å². The number of nitriles is 1. The molecule has 5 nitrogen and oxygen atoms in total. The van der Waals surface area contributed by atoms with E-state index in [9.17, 15) is 0 Å². The van der Waals surface area contributed by atoms with Crippen molar-refractivity contribution in [1.29, 1.82) is 5.26 Å². The van der Waals surface area contributed by atoms with Gasteiger partial charge in [0.25, 0.3) is 0 Å². The Morgan fingerprint density at radius 2 is 2.08 bits per heavy atom. The summed E-state index contributed by atoms with van der Waals surface area (Å²) in [7, 11) is 0. The van der Waals surface area contributed by atoms with E-state index in [0.29, 0.717) is 5.56 Å². The van der Waals surface area contributed by atoms with E-state index in [1.807, 2.05) is 18.3 Å². The van der Waals surface area contributed by atoms with E-state index in [1.54, 1.807) is 6.07 Å². The van der Waals surface area contributed by atoms with Crippen molar-refractivity contribution in [2.24, 2.45) is 0 Å². The highest BCUT2D eigenvalue weighted by atomic mass is 32.1. The van der Waals surface area contributed by atoms with Crippen LogP contribution in [0.1, 0.15) is 24.0 Å². The summed E-state index contributed by atoms with van der Waals surface area (Å²) in [6, 6.07) is 11.9. The molecule has 0 atom stereocenters. The van der Waals surface area contributed by atoms with Crippen LogP contribution in [0.25, 0.3) is 10.2 Å². The molecule has 120 valence electrons. The molecule has 2 aromatic heterocycles. The first-order valence-electron chi connectivity index (χ1n) is 8.05. The van der Waals surface area contributed by atoms with Gasteiger partial charge in [-0.05, 0) is 61.8 Å². The van der Waals surface area contributed by atoms with E-state index in [-0.39, 0.29) is 0 Å². The largest absolute Gasteiger partial charge is 0.316 e. The summed E-state index contributed by atoms with van der Waals surface area (Å²) in [5.74, 6) is 0.811. The molecule has 1 N–H and O–H groups in total. The van der Waals surface area contributed by atoms with E-state index in [4.69, 9.17) is 5.26 Å². The van der Waals surface area contributed by atoms with Gasteiger partial charge in [0.1, 0.15) is 5.82 Å². The standard InChI is InChI=1S/C18H17N5S/c19-11-13-3-4-15-16(9-13)24-18(21-15)22-17-10-14(5-6-20-17)12-23-7-1-2-8-23/h3-6,9-10H,1-2,7-8,12H2,(H,20,21,22). The lowest BCUT2D eigenvalue weighted by molar-refractivity contribution is 0.331. The van der Waals surface area contributed by atoms with Gasteiger partial charge >= 0.3 is 0 Å². The average molecular weight is 335 g/mol. The predicted molar refractivity (Wildman–Crippen MR) is 96.4 cm³/mol. The lowest BCUT2D eigenvalue weighted by atomic mass is 10.2. The Kier molecular flexibility index (Phi) is 4.11. The number of rotatable bonds is 4. The van der Waals surface area contributed by atoms with Crippen LogP contribution in [0.15, 0.2) is 36.5 Å². The summed E-state index contributed by atoms with van der Waals surface area (Å²) in [6.45, 7) is 3.34. The molecule has 0 radical (unpaired) electrons. The van der Waals surface area contributed by atoms with Crippen molar-refractivity contribution in [3.8, 4) is 6.07 Å². The molecule has 1 aliphatic rings. The molecule has 1 fully saturated rings. The van der Waals surface area contributed by atoms with Crippen LogP contribution in [0.4, 0.5) is 10.9 Å². The summed E-state index contributed by atoms with van der Waals surface area (Å²) >= 11 is 1.54. The Hall–Kier alpha value is -2.49. The third kappa shape index (κ3) is 3.23. The Morgan fingerprint density at radius 1 is 1.21 bits per heavy atom. The maximum absolute atomic E-state index is 8.99. The van der Waals surface area contributed by atoms with Crippen LogP contribution >= 0.6 is 11.3 Å². The number of hydrogen-bond acceptors (Lipinski definition) is 6. The summed E-state index contributed by atoms with van der Waals surface area (Å²) in [5, 5.41) is 13.1. The van der Waals surface area contributed by atoms with Gasteiger partial charge in [-0.15, -0.1) is 0 Å². The highest BCUT2D eigenvalue weighted by molar-refractivity contribution is 7.22. The fraction of sp³-hybridized carbons (Fsp3) is 0.278.